The van der Waals surface area contributed by atoms with Crippen molar-refractivity contribution in [2.45, 2.75) is 30.1 Å². The van der Waals surface area contributed by atoms with E-state index in [4.69, 9.17) is 4.74 Å². The average Bonchev–Trinajstić information content (AvgIpc) is 3.06. The van der Waals surface area contributed by atoms with Crippen molar-refractivity contribution in [3.63, 3.8) is 0 Å². The number of hydrogen-bond acceptors (Lipinski definition) is 7. The summed E-state index contributed by atoms with van der Waals surface area (Å²) in [7, 11) is 1.66. The smallest absolute Gasteiger partial charge is 0.233 e. The van der Waals surface area contributed by atoms with Gasteiger partial charge < -0.3 is 15.0 Å². The number of benzene rings is 1. The van der Waals surface area contributed by atoms with Crippen molar-refractivity contribution in [3.8, 4) is 5.75 Å². The molecule has 0 saturated carbocycles. The number of aromatic nitrogens is 2. The van der Waals surface area contributed by atoms with Gasteiger partial charge >= 0.3 is 0 Å². The lowest BCUT2D eigenvalue weighted by Gasteiger charge is -2.33. The molecule has 8 heteroatoms. The first-order valence-corrected chi connectivity index (χ1v) is 10.1. The van der Waals surface area contributed by atoms with E-state index in [1.54, 1.807) is 7.11 Å². The van der Waals surface area contributed by atoms with Crippen LogP contribution in [0.3, 0.4) is 0 Å². The molecule has 1 aliphatic rings. The molecule has 1 amide bonds. The maximum Gasteiger partial charge on any atom is 0.233 e. The van der Waals surface area contributed by atoms with Crippen LogP contribution in [-0.2, 0) is 4.79 Å². The number of hydrogen-bond donors (Lipinski definition) is 1. The Morgan fingerprint density at radius 3 is 2.88 bits per heavy atom. The summed E-state index contributed by atoms with van der Waals surface area (Å²) in [4.78, 5) is 14.4. The zero-order valence-corrected chi connectivity index (χ0v) is 16.0. The molecule has 1 aromatic carbocycles. The van der Waals surface area contributed by atoms with Crippen LogP contribution in [0, 0.1) is 6.92 Å². The van der Waals surface area contributed by atoms with Crippen molar-refractivity contribution in [3.05, 3.63) is 29.3 Å². The van der Waals surface area contributed by atoms with Gasteiger partial charge in [0.25, 0.3) is 0 Å². The minimum Gasteiger partial charge on any atom is -0.497 e. The number of nitrogens with one attached hydrogen (secondary N) is 1. The molecule has 1 aliphatic heterocycles. The number of thioether (sulfide) groups is 1. The Kier molecular flexibility index (Phi) is 6.14. The lowest BCUT2D eigenvalue weighted by atomic mass is 10.1. The Bertz CT molecular complexity index is 705. The van der Waals surface area contributed by atoms with Crippen LogP contribution < -0.4 is 10.1 Å². The summed E-state index contributed by atoms with van der Waals surface area (Å²) in [6, 6.07) is 8.17. The van der Waals surface area contributed by atoms with Crippen molar-refractivity contribution < 1.29 is 9.53 Å². The average molecular weight is 379 g/mol. The van der Waals surface area contributed by atoms with Crippen LogP contribution in [0.4, 0.5) is 5.69 Å². The van der Waals surface area contributed by atoms with Crippen molar-refractivity contribution in [1.82, 2.24) is 15.1 Å². The van der Waals surface area contributed by atoms with Gasteiger partial charge in [-0.15, -0.1) is 10.2 Å². The van der Waals surface area contributed by atoms with E-state index >= 15 is 0 Å². The normalized spacial score (nSPS) is 17.4. The molecule has 0 aliphatic carbocycles. The van der Waals surface area contributed by atoms with Crippen LogP contribution >= 0.6 is 23.1 Å². The lowest BCUT2D eigenvalue weighted by molar-refractivity contribution is -0.129. The third-order valence-electron chi connectivity index (χ3n) is 4.06. The van der Waals surface area contributed by atoms with Gasteiger partial charge in [-0.1, -0.05) is 23.1 Å². The Hall–Kier alpha value is -1.80. The molecule has 6 nitrogen and oxygen atoms in total. The Morgan fingerprint density at radius 1 is 1.40 bits per heavy atom. The minimum atomic E-state index is 0.166. The summed E-state index contributed by atoms with van der Waals surface area (Å²) in [5.74, 6) is 1.43. The molecular weight excluding hydrogens is 356 g/mol. The van der Waals surface area contributed by atoms with Gasteiger partial charge in [0.2, 0.25) is 5.91 Å². The second-order valence-electron chi connectivity index (χ2n) is 5.93. The van der Waals surface area contributed by atoms with Gasteiger partial charge in [-0.25, -0.2) is 0 Å². The molecule has 0 bridgehead atoms. The van der Waals surface area contributed by atoms with Gasteiger partial charge in [0.05, 0.1) is 12.9 Å². The van der Waals surface area contributed by atoms with E-state index in [0.29, 0.717) is 5.75 Å². The number of carbonyl (C=O) groups is 1. The second-order valence-corrected chi connectivity index (χ2v) is 8.33. The largest absolute Gasteiger partial charge is 0.497 e. The minimum absolute atomic E-state index is 0.166. The van der Waals surface area contributed by atoms with E-state index in [-0.39, 0.29) is 11.9 Å². The zero-order chi connectivity index (χ0) is 17.6. The van der Waals surface area contributed by atoms with Crippen LogP contribution in [0.25, 0.3) is 0 Å². The van der Waals surface area contributed by atoms with E-state index in [1.165, 1.54) is 23.1 Å². The maximum atomic E-state index is 12.5. The number of nitrogens with zero attached hydrogens (tertiary/aromatic N) is 3. The number of anilines is 1. The molecule has 1 N–H and O–H groups in total. The fourth-order valence-corrected chi connectivity index (χ4v) is 4.51. The molecule has 2 heterocycles. The molecule has 0 radical (unpaired) electrons. The standard InChI is InChI=1S/C17H22N4O2S2/c1-12-19-20-17(25-12)24-11-16(22)21-9-3-4-14(10-21)18-13-5-7-15(23-2)8-6-13/h5-8,14,18H,3-4,9-11H2,1-2H3. The fourth-order valence-electron chi connectivity index (χ4n) is 2.80. The summed E-state index contributed by atoms with van der Waals surface area (Å²) in [6.07, 6.45) is 2.08. The van der Waals surface area contributed by atoms with Crippen LogP contribution in [0.5, 0.6) is 5.75 Å². The Morgan fingerprint density at radius 2 is 2.20 bits per heavy atom. The van der Waals surface area contributed by atoms with Gasteiger partial charge in [-0.05, 0) is 44.0 Å². The number of carbonyl (C=O) groups excluding carboxylic acids is 1. The molecule has 1 saturated heterocycles. The molecule has 0 spiro atoms. The van der Waals surface area contributed by atoms with E-state index in [1.807, 2.05) is 36.1 Å². The molecule has 1 fully saturated rings. The first kappa shape index (κ1) is 18.0. The van der Waals surface area contributed by atoms with Gasteiger partial charge in [-0.2, -0.15) is 0 Å². The lowest BCUT2D eigenvalue weighted by Crippen LogP contribution is -2.45. The number of aryl methyl sites for hydroxylation is 1. The fraction of sp³-hybridized carbons (Fsp3) is 0.471. The molecule has 1 aromatic heterocycles. The summed E-state index contributed by atoms with van der Waals surface area (Å²) in [5.41, 5.74) is 1.05. The molecule has 3 rings (SSSR count). The number of amides is 1. The van der Waals surface area contributed by atoms with Crippen LogP contribution in [0.15, 0.2) is 28.6 Å². The third kappa shape index (κ3) is 5.09. The summed E-state index contributed by atoms with van der Waals surface area (Å²) < 4.78 is 6.04. The number of methoxy groups -OCH3 is 1. The van der Waals surface area contributed by atoms with Crippen molar-refractivity contribution >= 4 is 34.7 Å². The highest BCUT2D eigenvalue weighted by Crippen LogP contribution is 2.23. The predicted molar refractivity (Wildman–Crippen MR) is 102 cm³/mol. The summed E-state index contributed by atoms with van der Waals surface area (Å²) >= 11 is 3.00. The number of ether oxygens (including phenoxy) is 1. The number of likely N-dealkylation sites (tertiary alicyclic amines) is 1. The van der Waals surface area contributed by atoms with E-state index in [2.05, 4.69) is 15.5 Å². The third-order valence-corrected chi connectivity index (χ3v) is 6.02. The SMILES string of the molecule is COc1ccc(NC2CCCN(C(=O)CSc3nnc(C)s3)C2)cc1. The molecule has 2 aromatic rings. The highest BCUT2D eigenvalue weighted by molar-refractivity contribution is 8.01. The Balaban J connectivity index is 1.50. The second kappa shape index (κ2) is 8.53. The van der Waals surface area contributed by atoms with Gasteiger partial charge in [0, 0.05) is 24.8 Å². The number of rotatable bonds is 6. The van der Waals surface area contributed by atoms with E-state index in [0.717, 1.165) is 46.7 Å². The molecular formula is C17H22N4O2S2. The van der Waals surface area contributed by atoms with Gasteiger partial charge in [-0.3, -0.25) is 4.79 Å². The zero-order valence-electron chi connectivity index (χ0n) is 14.4. The van der Waals surface area contributed by atoms with Gasteiger partial charge in [0.1, 0.15) is 10.8 Å². The highest BCUT2D eigenvalue weighted by atomic mass is 32.2. The monoisotopic (exact) mass is 378 g/mol. The topological polar surface area (TPSA) is 67.3 Å². The van der Waals surface area contributed by atoms with Crippen LogP contribution in [0.1, 0.15) is 17.8 Å². The number of piperidine rings is 1. The first-order valence-electron chi connectivity index (χ1n) is 8.25. The first-order chi connectivity index (χ1) is 12.1. The molecule has 25 heavy (non-hydrogen) atoms. The quantitative estimate of drug-likeness (QED) is 0.780. The summed E-state index contributed by atoms with van der Waals surface area (Å²) in [6.45, 7) is 3.49. The van der Waals surface area contributed by atoms with Crippen LogP contribution in [0.2, 0.25) is 0 Å². The van der Waals surface area contributed by atoms with Gasteiger partial charge in [0.15, 0.2) is 4.34 Å². The van der Waals surface area contributed by atoms with Crippen molar-refractivity contribution in [1.29, 1.82) is 0 Å². The van der Waals surface area contributed by atoms with Crippen molar-refractivity contribution in [2.75, 3.05) is 31.3 Å². The summed E-state index contributed by atoms with van der Waals surface area (Å²) in [5, 5.41) is 12.5. The highest BCUT2D eigenvalue weighted by Gasteiger charge is 2.23. The van der Waals surface area contributed by atoms with E-state index in [9.17, 15) is 4.79 Å². The van der Waals surface area contributed by atoms with Crippen LogP contribution in [-0.4, -0.2) is 53.0 Å². The maximum absolute atomic E-state index is 12.5. The predicted octanol–water partition coefficient (Wildman–Crippen LogP) is 3.05. The molecule has 134 valence electrons. The molecule has 1 unspecified atom stereocenters. The molecule has 1 atom stereocenters. The Labute approximate surface area is 156 Å². The van der Waals surface area contributed by atoms with Crippen molar-refractivity contribution in [2.24, 2.45) is 0 Å². The van der Waals surface area contributed by atoms with E-state index < -0.39 is 0 Å².